The lowest BCUT2D eigenvalue weighted by Crippen LogP contribution is -2.48. The summed E-state index contributed by atoms with van der Waals surface area (Å²) in [5.74, 6) is -0.0203. The maximum absolute atomic E-state index is 13.6. The number of carbonyl (C=O) groups is 2. The van der Waals surface area contributed by atoms with Crippen molar-refractivity contribution in [2.45, 2.75) is 18.9 Å². The highest BCUT2D eigenvalue weighted by atomic mass is 35.5. The van der Waals surface area contributed by atoms with E-state index in [1.165, 1.54) is 37.5 Å². The van der Waals surface area contributed by atoms with E-state index < -0.39 is 35.5 Å². The Hall–Kier alpha value is -5.28. The van der Waals surface area contributed by atoms with Gasteiger partial charge in [0.2, 0.25) is 5.88 Å². The summed E-state index contributed by atoms with van der Waals surface area (Å²) < 4.78 is 89.6. The number of alkyl halides is 6. The summed E-state index contributed by atoms with van der Waals surface area (Å²) >= 11 is 5.69. The van der Waals surface area contributed by atoms with Crippen molar-refractivity contribution >= 4 is 40.0 Å². The number of aryl methyl sites for hydroxylation is 1. The maximum atomic E-state index is 13.6. The number of amides is 2. The van der Waals surface area contributed by atoms with Crippen molar-refractivity contribution in [3.63, 3.8) is 0 Å². The second kappa shape index (κ2) is 15.0. The van der Waals surface area contributed by atoms with Crippen molar-refractivity contribution < 1.29 is 45.4 Å². The molecule has 16 heteroatoms. The van der Waals surface area contributed by atoms with Crippen molar-refractivity contribution in [2.75, 3.05) is 44.7 Å². The van der Waals surface area contributed by atoms with Crippen LogP contribution >= 0.6 is 11.6 Å². The second-order valence-electron chi connectivity index (χ2n) is 12.4. The first-order valence-electron chi connectivity index (χ1n) is 16.2. The van der Waals surface area contributed by atoms with E-state index in [4.69, 9.17) is 21.1 Å². The number of carbonyl (C=O) groups excluding carboxylic acids is 2. The second-order valence-corrected chi connectivity index (χ2v) is 12.8. The van der Waals surface area contributed by atoms with Crippen LogP contribution in [-0.4, -0.2) is 77.2 Å². The Morgan fingerprint density at radius 2 is 1.57 bits per heavy atom. The molecule has 0 spiro atoms. The highest BCUT2D eigenvalue weighted by Crippen LogP contribution is 2.36. The van der Waals surface area contributed by atoms with Gasteiger partial charge in [-0.25, -0.2) is 4.98 Å². The SMILES string of the molecule is CN(C(=O)c1ccc(Cl)c(C(F)(F)F)c1)c1ccc(Oc2ccc3cc(C(=O)N4CCN(Cc5ccc(OCC(F)(F)F)cc5)CC4)n(C)c3c2)nc1. The molecule has 0 aliphatic carbocycles. The van der Waals surface area contributed by atoms with Crippen molar-refractivity contribution in [1.29, 1.82) is 0 Å². The number of anilines is 1. The van der Waals surface area contributed by atoms with E-state index in [1.54, 1.807) is 46.8 Å². The molecule has 0 radical (unpaired) electrons. The van der Waals surface area contributed by atoms with Gasteiger partial charge in [-0.1, -0.05) is 23.7 Å². The lowest BCUT2D eigenvalue weighted by Gasteiger charge is -2.34. The average molecular weight is 760 g/mol. The van der Waals surface area contributed by atoms with Crippen molar-refractivity contribution in [1.82, 2.24) is 19.4 Å². The standard InChI is InChI=1S/C37H32ClF6N5O4/c1-46(34(50)25-6-11-30(38)29(17-25)37(42,43)44)26-7-12-33(45-20-26)53-28-10-5-24-18-32(47(2)31(24)19-28)35(51)49-15-13-48(14-16-49)21-23-3-8-27(9-4-23)52-22-36(39,40)41/h3-12,17-20H,13-16,21-22H2,1-2H3. The zero-order valence-electron chi connectivity index (χ0n) is 28.3. The van der Waals surface area contributed by atoms with Gasteiger partial charge >= 0.3 is 12.4 Å². The third-order valence-electron chi connectivity index (χ3n) is 8.78. The number of ether oxygens (including phenoxy) is 2. The normalized spacial score (nSPS) is 14.0. The van der Waals surface area contributed by atoms with Gasteiger partial charge in [0.15, 0.2) is 6.61 Å². The molecule has 5 aromatic rings. The Labute approximate surface area is 304 Å². The van der Waals surface area contributed by atoms with Crippen LogP contribution in [0.3, 0.4) is 0 Å². The van der Waals surface area contributed by atoms with Gasteiger partial charge in [0.05, 0.1) is 28.0 Å². The number of rotatable bonds is 9. The van der Waals surface area contributed by atoms with Crippen LogP contribution < -0.4 is 14.4 Å². The summed E-state index contributed by atoms with van der Waals surface area (Å²) in [7, 11) is 3.20. The molecule has 53 heavy (non-hydrogen) atoms. The summed E-state index contributed by atoms with van der Waals surface area (Å²) in [5, 5.41) is 0.319. The van der Waals surface area contributed by atoms with Crippen LogP contribution in [0.2, 0.25) is 5.02 Å². The van der Waals surface area contributed by atoms with E-state index >= 15 is 0 Å². The Balaban J connectivity index is 1.05. The van der Waals surface area contributed by atoms with Gasteiger partial charge in [-0.3, -0.25) is 14.5 Å². The molecule has 0 unspecified atom stereocenters. The molecule has 1 fully saturated rings. The summed E-state index contributed by atoms with van der Waals surface area (Å²) in [6, 6.07) is 19.7. The highest BCUT2D eigenvalue weighted by Gasteiger charge is 2.34. The zero-order chi connectivity index (χ0) is 38.1. The van der Waals surface area contributed by atoms with Crippen LogP contribution in [0.5, 0.6) is 17.4 Å². The number of fused-ring (bicyclic) bond motifs is 1. The molecule has 0 bridgehead atoms. The fraction of sp³-hybridized carbons (Fsp3) is 0.270. The number of halogens is 7. The van der Waals surface area contributed by atoms with Gasteiger partial charge in [-0.2, -0.15) is 26.3 Å². The number of pyridine rings is 1. The van der Waals surface area contributed by atoms with E-state index in [0.29, 0.717) is 55.9 Å². The Morgan fingerprint density at radius 3 is 2.21 bits per heavy atom. The molecule has 1 aliphatic rings. The first kappa shape index (κ1) is 37.5. The van der Waals surface area contributed by atoms with Gasteiger partial charge in [0.1, 0.15) is 17.2 Å². The van der Waals surface area contributed by atoms with Crippen molar-refractivity contribution in [2.24, 2.45) is 7.05 Å². The maximum Gasteiger partial charge on any atom is 0.422 e. The molecule has 0 atom stereocenters. The van der Waals surface area contributed by atoms with E-state index in [0.717, 1.165) is 27.4 Å². The van der Waals surface area contributed by atoms with Gasteiger partial charge in [-0.05, 0) is 60.2 Å². The van der Waals surface area contributed by atoms with Crippen LogP contribution in [-0.2, 0) is 19.8 Å². The number of hydrogen-bond donors (Lipinski definition) is 0. The largest absolute Gasteiger partial charge is 0.484 e. The number of aromatic nitrogens is 2. The van der Waals surface area contributed by atoms with Gasteiger partial charge in [0, 0.05) is 69.9 Å². The molecule has 0 saturated carbocycles. The first-order valence-corrected chi connectivity index (χ1v) is 16.6. The van der Waals surface area contributed by atoms with Crippen LogP contribution in [0.15, 0.2) is 85.1 Å². The third-order valence-corrected chi connectivity index (χ3v) is 9.11. The van der Waals surface area contributed by atoms with Crippen molar-refractivity contribution in [3.05, 3.63) is 112 Å². The molecule has 3 heterocycles. The first-order chi connectivity index (χ1) is 25.1. The predicted molar refractivity (Wildman–Crippen MR) is 186 cm³/mol. The molecule has 278 valence electrons. The smallest absolute Gasteiger partial charge is 0.422 e. The minimum absolute atomic E-state index is 0.124. The molecule has 1 aliphatic heterocycles. The minimum Gasteiger partial charge on any atom is -0.484 e. The fourth-order valence-corrected chi connectivity index (χ4v) is 6.13. The Bertz CT molecular complexity index is 2110. The molecule has 1 saturated heterocycles. The van der Waals surface area contributed by atoms with Crippen LogP contribution in [0, 0.1) is 0 Å². The topological polar surface area (TPSA) is 80.1 Å². The van der Waals surface area contributed by atoms with E-state index in [-0.39, 0.29) is 23.1 Å². The summed E-state index contributed by atoms with van der Waals surface area (Å²) in [6.07, 6.45) is -7.76. The Kier molecular flexibility index (Phi) is 10.6. The monoisotopic (exact) mass is 759 g/mol. The van der Waals surface area contributed by atoms with E-state index in [2.05, 4.69) is 9.88 Å². The van der Waals surface area contributed by atoms with E-state index in [1.807, 2.05) is 12.1 Å². The molecule has 2 aromatic heterocycles. The predicted octanol–water partition coefficient (Wildman–Crippen LogP) is 8.21. The van der Waals surface area contributed by atoms with E-state index in [9.17, 15) is 35.9 Å². The lowest BCUT2D eigenvalue weighted by molar-refractivity contribution is -0.153. The number of nitrogens with zero attached hydrogens (tertiary/aromatic N) is 5. The molecule has 0 N–H and O–H groups in total. The summed E-state index contributed by atoms with van der Waals surface area (Å²) in [5.41, 5.74) is 1.19. The third kappa shape index (κ3) is 8.86. The number of piperazine rings is 1. The molecule has 3 aromatic carbocycles. The summed E-state index contributed by atoms with van der Waals surface area (Å²) in [4.78, 5) is 35.9. The van der Waals surface area contributed by atoms with Crippen LogP contribution in [0.1, 0.15) is 32.0 Å². The average Bonchev–Trinajstić information content (AvgIpc) is 3.45. The zero-order valence-corrected chi connectivity index (χ0v) is 29.1. The summed E-state index contributed by atoms with van der Waals surface area (Å²) in [6.45, 7) is 1.48. The minimum atomic E-state index is -4.72. The molecular weight excluding hydrogens is 728 g/mol. The fourth-order valence-electron chi connectivity index (χ4n) is 5.90. The number of hydrogen-bond acceptors (Lipinski definition) is 6. The van der Waals surface area contributed by atoms with Crippen LogP contribution in [0.4, 0.5) is 32.0 Å². The highest BCUT2D eigenvalue weighted by molar-refractivity contribution is 6.31. The van der Waals surface area contributed by atoms with Gasteiger partial charge in [-0.15, -0.1) is 0 Å². The lowest BCUT2D eigenvalue weighted by atomic mass is 10.1. The molecule has 6 rings (SSSR count). The molecule has 2 amide bonds. The molecular formula is C37H32ClF6N5O4. The van der Waals surface area contributed by atoms with Crippen molar-refractivity contribution in [3.8, 4) is 17.4 Å². The van der Waals surface area contributed by atoms with Crippen LogP contribution in [0.25, 0.3) is 10.9 Å². The van der Waals surface area contributed by atoms with Gasteiger partial charge in [0.25, 0.3) is 11.8 Å². The quantitative estimate of drug-likeness (QED) is 0.141. The molecule has 9 nitrogen and oxygen atoms in total. The Morgan fingerprint density at radius 1 is 0.868 bits per heavy atom. The number of benzene rings is 3. The van der Waals surface area contributed by atoms with Gasteiger partial charge < -0.3 is 23.8 Å².